The Kier molecular flexibility index (Phi) is 4.94. The number of amides is 1. The Morgan fingerprint density at radius 1 is 0.842 bits per heavy atom. The number of carbonyl (C=O) groups is 1. The van der Waals surface area contributed by atoms with Crippen LogP contribution in [0, 0.1) is 5.41 Å². The van der Waals surface area contributed by atoms with Gasteiger partial charge in [0.15, 0.2) is 0 Å². The van der Waals surface area contributed by atoms with Crippen LogP contribution in [0.15, 0.2) is 0 Å². The van der Waals surface area contributed by atoms with Crippen molar-refractivity contribution in [3.8, 4) is 0 Å². The van der Waals surface area contributed by atoms with Gasteiger partial charge in [-0.05, 0) is 34.6 Å². The van der Waals surface area contributed by atoms with Gasteiger partial charge in [-0.15, -0.1) is 0 Å². The van der Waals surface area contributed by atoms with E-state index in [1.54, 1.807) is 0 Å². The van der Waals surface area contributed by atoms with E-state index in [-0.39, 0.29) is 6.92 Å². The molecule has 1 amide bonds. The third-order valence-corrected chi connectivity index (χ3v) is 2.91. The van der Waals surface area contributed by atoms with Crippen molar-refractivity contribution in [3.63, 3.8) is 0 Å². The number of carbonyl (C=O) groups excluding carboxylic acids is 1. The predicted octanol–water partition coefficient (Wildman–Crippen LogP) is 3.76. The summed E-state index contributed by atoms with van der Waals surface area (Å²) < 4.78 is 76.6. The van der Waals surface area contributed by atoms with Gasteiger partial charge in [-0.3, -0.25) is 4.79 Å². The number of hydrogen-bond acceptors (Lipinski definition) is 1. The molecular weight excluding hydrogens is 276 g/mol. The Morgan fingerprint density at radius 3 is 1.26 bits per heavy atom. The lowest BCUT2D eigenvalue weighted by Gasteiger charge is -2.40. The van der Waals surface area contributed by atoms with Crippen LogP contribution in [0.3, 0.4) is 0 Å². The van der Waals surface area contributed by atoms with Gasteiger partial charge in [-0.2, -0.15) is 26.3 Å². The first-order valence-electron chi connectivity index (χ1n) is 5.64. The number of nitrogens with zero attached hydrogens (tertiary/aromatic N) is 1. The molecule has 0 saturated heterocycles. The number of alkyl halides is 6. The maximum Gasteiger partial charge on any atom is 0.411 e. The molecule has 0 heterocycles. The van der Waals surface area contributed by atoms with Crippen molar-refractivity contribution in [2.45, 2.75) is 59.1 Å². The van der Waals surface area contributed by atoms with Gasteiger partial charge in [0, 0.05) is 12.1 Å². The second-order valence-electron chi connectivity index (χ2n) is 5.02. The highest BCUT2D eigenvalue weighted by atomic mass is 19.4. The fourth-order valence-corrected chi connectivity index (χ4v) is 1.73. The van der Waals surface area contributed by atoms with Crippen molar-refractivity contribution < 1.29 is 31.1 Å². The first-order valence-corrected chi connectivity index (χ1v) is 5.64. The Balaban J connectivity index is 5.86. The largest absolute Gasteiger partial charge is 0.411 e. The molecule has 0 aliphatic carbocycles. The SMILES string of the molecule is CC(C)N(C(=O)C(C)(C(F)(F)F)C(F)(F)F)C(C)C. The van der Waals surface area contributed by atoms with E-state index >= 15 is 0 Å². The second kappa shape index (κ2) is 5.20. The molecule has 0 bridgehead atoms. The van der Waals surface area contributed by atoms with Gasteiger partial charge >= 0.3 is 12.4 Å². The average molecular weight is 293 g/mol. The van der Waals surface area contributed by atoms with Crippen LogP contribution < -0.4 is 0 Å². The molecule has 0 fully saturated rings. The van der Waals surface area contributed by atoms with Crippen molar-refractivity contribution >= 4 is 5.91 Å². The van der Waals surface area contributed by atoms with Crippen LogP contribution in [-0.2, 0) is 4.79 Å². The van der Waals surface area contributed by atoms with E-state index in [4.69, 9.17) is 0 Å². The van der Waals surface area contributed by atoms with E-state index in [0.29, 0.717) is 4.90 Å². The molecule has 0 aromatic heterocycles. The molecule has 2 nitrogen and oxygen atoms in total. The summed E-state index contributed by atoms with van der Waals surface area (Å²) in [4.78, 5) is 12.4. The number of rotatable bonds is 3. The van der Waals surface area contributed by atoms with Crippen LogP contribution in [0.25, 0.3) is 0 Å². The maximum absolute atomic E-state index is 12.8. The third-order valence-electron chi connectivity index (χ3n) is 2.91. The summed E-state index contributed by atoms with van der Waals surface area (Å²) in [6.07, 6.45) is -11.4. The molecule has 0 saturated carbocycles. The summed E-state index contributed by atoms with van der Waals surface area (Å²) >= 11 is 0. The van der Waals surface area contributed by atoms with E-state index in [0.717, 1.165) is 0 Å². The van der Waals surface area contributed by atoms with E-state index in [1.807, 2.05) is 0 Å². The third kappa shape index (κ3) is 3.14. The minimum Gasteiger partial charge on any atom is -0.337 e. The first kappa shape index (κ1) is 18.0. The Morgan fingerprint density at radius 2 is 1.11 bits per heavy atom. The maximum atomic E-state index is 12.8. The quantitative estimate of drug-likeness (QED) is 0.725. The van der Waals surface area contributed by atoms with Gasteiger partial charge in [-0.1, -0.05) is 0 Å². The van der Waals surface area contributed by atoms with Gasteiger partial charge < -0.3 is 4.90 Å². The van der Waals surface area contributed by atoms with Crippen molar-refractivity contribution in [1.29, 1.82) is 0 Å². The topological polar surface area (TPSA) is 20.3 Å². The van der Waals surface area contributed by atoms with Gasteiger partial charge in [0.05, 0.1) is 0 Å². The van der Waals surface area contributed by atoms with Crippen LogP contribution in [-0.4, -0.2) is 35.2 Å². The zero-order valence-corrected chi connectivity index (χ0v) is 11.3. The summed E-state index contributed by atoms with van der Waals surface area (Å²) in [5, 5.41) is 0. The Labute approximate surface area is 107 Å². The normalized spacial score (nSPS) is 14.2. The molecule has 0 aromatic rings. The van der Waals surface area contributed by atoms with E-state index < -0.39 is 35.8 Å². The molecule has 19 heavy (non-hydrogen) atoms. The van der Waals surface area contributed by atoms with Gasteiger partial charge in [0.1, 0.15) is 0 Å². The highest BCUT2D eigenvalue weighted by Crippen LogP contribution is 2.51. The lowest BCUT2D eigenvalue weighted by molar-refractivity contribution is -0.323. The highest BCUT2D eigenvalue weighted by Gasteiger charge is 2.73. The van der Waals surface area contributed by atoms with Crippen LogP contribution >= 0.6 is 0 Å². The smallest absolute Gasteiger partial charge is 0.337 e. The van der Waals surface area contributed by atoms with Crippen LogP contribution in [0.4, 0.5) is 26.3 Å². The molecular formula is C11H17F6NO. The molecule has 0 atom stereocenters. The molecule has 0 radical (unpaired) electrons. The van der Waals surface area contributed by atoms with Crippen LogP contribution in [0.2, 0.25) is 0 Å². The Hall–Kier alpha value is -0.950. The first-order chi connectivity index (χ1) is 8.18. The van der Waals surface area contributed by atoms with E-state index in [1.165, 1.54) is 27.7 Å². The lowest BCUT2D eigenvalue weighted by Crippen LogP contribution is -2.61. The minimum absolute atomic E-state index is 0.118. The van der Waals surface area contributed by atoms with Gasteiger partial charge in [0.25, 0.3) is 0 Å². The minimum atomic E-state index is -5.70. The van der Waals surface area contributed by atoms with Crippen molar-refractivity contribution in [3.05, 3.63) is 0 Å². The summed E-state index contributed by atoms with van der Waals surface area (Å²) in [5.74, 6) is -1.97. The van der Waals surface area contributed by atoms with Crippen LogP contribution in [0.1, 0.15) is 34.6 Å². The fourth-order valence-electron chi connectivity index (χ4n) is 1.73. The number of hydrogen-bond donors (Lipinski definition) is 0. The summed E-state index contributed by atoms with van der Waals surface area (Å²) in [7, 11) is 0. The summed E-state index contributed by atoms with van der Waals surface area (Å²) in [6, 6.07) is -1.53. The van der Waals surface area contributed by atoms with E-state index in [2.05, 4.69) is 0 Å². The zero-order valence-electron chi connectivity index (χ0n) is 11.3. The highest BCUT2D eigenvalue weighted by molar-refractivity contribution is 5.84. The van der Waals surface area contributed by atoms with Crippen molar-refractivity contribution in [2.75, 3.05) is 0 Å². The lowest BCUT2D eigenvalue weighted by atomic mass is 9.86. The molecule has 0 aromatic carbocycles. The monoisotopic (exact) mass is 293 g/mol. The van der Waals surface area contributed by atoms with Gasteiger partial charge in [-0.25, -0.2) is 0 Å². The van der Waals surface area contributed by atoms with Crippen molar-refractivity contribution in [1.82, 2.24) is 4.90 Å². The molecule has 0 aliphatic heterocycles. The predicted molar refractivity (Wildman–Crippen MR) is 57.3 cm³/mol. The molecule has 0 N–H and O–H groups in total. The molecule has 114 valence electrons. The van der Waals surface area contributed by atoms with Gasteiger partial charge in [0.2, 0.25) is 11.3 Å². The molecule has 0 unspecified atom stereocenters. The number of halogens is 6. The molecule has 0 aliphatic rings. The summed E-state index contributed by atoms with van der Waals surface area (Å²) in [6.45, 7) is 5.35. The molecule has 0 spiro atoms. The molecule has 0 rings (SSSR count). The summed E-state index contributed by atoms with van der Waals surface area (Å²) in [5.41, 5.74) is -4.39. The van der Waals surface area contributed by atoms with Crippen molar-refractivity contribution in [2.24, 2.45) is 5.41 Å². The van der Waals surface area contributed by atoms with E-state index in [9.17, 15) is 31.1 Å². The average Bonchev–Trinajstić information content (AvgIpc) is 2.11. The standard InChI is InChI=1S/C11H17F6NO/c1-6(2)18(7(3)4)8(19)9(5,10(12,13)14)11(15,16)17/h6-7H,1-5H3. The van der Waals surface area contributed by atoms with Crippen LogP contribution in [0.5, 0.6) is 0 Å². The Bertz CT molecular complexity index is 309. The fraction of sp³-hybridized carbons (Fsp3) is 0.909. The molecule has 8 heteroatoms. The zero-order chi connectivity index (χ0) is 15.8. The second-order valence-corrected chi connectivity index (χ2v) is 5.02.